The molecule has 0 radical (unpaired) electrons. The average Bonchev–Trinajstić information content (AvgIpc) is 3.32. The fourth-order valence-corrected chi connectivity index (χ4v) is 4.75. The number of halogens is 2. The maximum absolute atomic E-state index is 13.0. The number of benzene rings is 1. The largest absolute Gasteiger partial charge is 0.477 e. The lowest BCUT2D eigenvalue weighted by Crippen LogP contribution is -2.34. The van der Waals surface area contributed by atoms with Crippen LogP contribution in [0.5, 0.6) is 5.88 Å². The van der Waals surface area contributed by atoms with E-state index in [-0.39, 0.29) is 17.0 Å². The van der Waals surface area contributed by atoms with E-state index in [4.69, 9.17) is 27.9 Å². The summed E-state index contributed by atoms with van der Waals surface area (Å²) in [6, 6.07) is 8.39. The highest BCUT2D eigenvalue weighted by atomic mass is 35.5. The molecule has 1 aliphatic rings. The Bertz CT molecular complexity index is 1480. The monoisotopic (exact) mass is 511 g/mol. The van der Waals surface area contributed by atoms with Gasteiger partial charge in [0.2, 0.25) is 11.3 Å². The highest BCUT2D eigenvalue weighted by Crippen LogP contribution is 2.35. The van der Waals surface area contributed by atoms with Gasteiger partial charge in [0.1, 0.15) is 29.3 Å². The molecule has 1 N–H and O–H groups in total. The Morgan fingerprint density at radius 2 is 2.03 bits per heavy atom. The van der Waals surface area contributed by atoms with Crippen LogP contribution < -0.4 is 15.1 Å². The van der Waals surface area contributed by atoms with Crippen molar-refractivity contribution in [3.05, 3.63) is 81.1 Å². The normalized spacial score (nSPS) is 15.5. The van der Waals surface area contributed by atoms with E-state index in [1.807, 2.05) is 0 Å². The molecule has 1 aliphatic heterocycles. The molecule has 0 saturated carbocycles. The molecule has 1 fully saturated rings. The van der Waals surface area contributed by atoms with Crippen molar-refractivity contribution in [2.45, 2.75) is 18.9 Å². The van der Waals surface area contributed by atoms with Gasteiger partial charge in [0.25, 0.3) is 0 Å². The Kier molecular flexibility index (Phi) is 6.27. The Morgan fingerprint density at radius 1 is 1.17 bits per heavy atom. The predicted octanol–water partition coefficient (Wildman–Crippen LogP) is 4.23. The van der Waals surface area contributed by atoms with E-state index < -0.39 is 11.4 Å². The van der Waals surface area contributed by atoms with Crippen LogP contribution in [0.15, 0.2) is 60.0 Å². The van der Waals surface area contributed by atoms with E-state index in [9.17, 15) is 14.7 Å². The van der Waals surface area contributed by atoms with E-state index in [0.29, 0.717) is 39.6 Å². The number of aromatic carboxylic acids is 1. The zero-order valence-electron chi connectivity index (χ0n) is 18.3. The second kappa shape index (κ2) is 9.52. The standard InChI is InChI=1S/C24H19Cl2N5O4/c25-17-4-1-6-28-23(17)35-12-14-3-2-8-30(14)20-10-19-15(9-18(20)26)22(32)16(24(33)34)11-31(19)21-5-7-27-13-29-21/h1,4-7,9-11,13-14H,2-3,8,12H2,(H,33,34)/t14-/m1/s1. The number of nitrogens with zero attached hydrogens (tertiary/aromatic N) is 5. The smallest absolute Gasteiger partial charge is 0.341 e. The van der Waals surface area contributed by atoms with Gasteiger partial charge in [0.05, 0.1) is 22.3 Å². The number of carbonyl (C=O) groups is 1. The Labute approximate surface area is 209 Å². The molecule has 3 aromatic heterocycles. The topological polar surface area (TPSA) is 110 Å². The van der Waals surface area contributed by atoms with Crippen LogP contribution >= 0.6 is 23.2 Å². The van der Waals surface area contributed by atoms with Crippen molar-refractivity contribution in [2.24, 2.45) is 0 Å². The Balaban J connectivity index is 1.58. The first-order chi connectivity index (χ1) is 16.9. The summed E-state index contributed by atoms with van der Waals surface area (Å²) >= 11 is 12.8. The van der Waals surface area contributed by atoms with Crippen molar-refractivity contribution in [1.29, 1.82) is 0 Å². The van der Waals surface area contributed by atoms with Gasteiger partial charge >= 0.3 is 5.97 Å². The molecule has 1 saturated heterocycles. The molecule has 0 aliphatic carbocycles. The molecule has 1 aromatic carbocycles. The van der Waals surface area contributed by atoms with Crippen molar-refractivity contribution in [3.63, 3.8) is 0 Å². The summed E-state index contributed by atoms with van der Waals surface area (Å²) in [5.41, 5.74) is 0.206. The average molecular weight is 512 g/mol. The van der Waals surface area contributed by atoms with Gasteiger partial charge in [0.15, 0.2) is 0 Å². The van der Waals surface area contributed by atoms with Crippen LogP contribution in [0.1, 0.15) is 23.2 Å². The van der Waals surface area contributed by atoms with E-state index >= 15 is 0 Å². The van der Waals surface area contributed by atoms with Crippen molar-refractivity contribution >= 4 is 45.8 Å². The first kappa shape index (κ1) is 23.1. The fraction of sp³-hybridized carbons (Fsp3) is 0.208. The molecule has 4 heterocycles. The van der Waals surface area contributed by atoms with Crippen molar-refractivity contribution in [3.8, 4) is 11.7 Å². The second-order valence-electron chi connectivity index (χ2n) is 8.03. The number of rotatable bonds is 6. The number of anilines is 1. The molecule has 178 valence electrons. The van der Waals surface area contributed by atoms with E-state index in [1.54, 1.807) is 41.2 Å². The molecule has 35 heavy (non-hydrogen) atoms. The number of aromatic nitrogens is 4. The van der Waals surface area contributed by atoms with Crippen LogP contribution in [-0.4, -0.2) is 49.8 Å². The molecule has 0 unspecified atom stereocenters. The summed E-state index contributed by atoms with van der Waals surface area (Å²) in [4.78, 5) is 39.2. The fourth-order valence-electron chi connectivity index (χ4n) is 4.30. The highest BCUT2D eigenvalue weighted by molar-refractivity contribution is 6.34. The number of carboxylic acids is 1. The lowest BCUT2D eigenvalue weighted by atomic mass is 10.1. The van der Waals surface area contributed by atoms with E-state index in [1.165, 1.54) is 18.6 Å². The van der Waals surface area contributed by atoms with Crippen molar-refractivity contribution < 1.29 is 14.6 Å². The Hall–Kier alpha value is -3.69. The van der Waals surface area contributed by atoms with Gasteiger partial charge in [-0.1, -0.05) is 23.2 Å². The van der Waals surface area contributed by atoms with Gasteiger partial charge in [-0.3, -0.25) is 9.36 Å². The maximum Gasteiger partial charge on any atom is 0.341 e. The second-order valence-corrected chi connectivity index (χ2v) is 8.84. The van der Waals surface area contributed by atoms with Crippen molar-refractivity contribution in [2.75, 3.05) is 18.1 Å². The molecule has 0 bridgehead atoms. The lowest BCUT2D eigenvalue weighted by molar-refractivity contribution is 0.0695. The minimum atomic E-state index is -1.33. The van der Waals surface area contributed by atoms with Gasteiger partial charge in [-0.2, -0.15) is 0 Å². The SMILES string of the molecule is O=C(O)c1cn(-c2ccncn2)c2cc(N3CCC[C@@H]3COc3ncccc3Cl)c(Cl)cc2c1=O. The molecule has 11 heteroatoms. The minimum absolute atomic E-state index is 0.000498. The summed E-state index contributed by atoms with van der Waals surface area (Å²) in [6.07, 6.45) is 7.59. The van der Waals surface area contributed by atoms with Crippen LogP contribution in [0, 0.1) is 0 Å². The third-order valence-electron chi connectivity index (χ3n) is 5.94. The number of ether oxygens (including phenoxy) is 1. The number of hydrogen-bond acceptors (Lipinski definition) is 7. The van der Waals surface area contributed by atoms with Crippen LogP contribution in [0.2, 0.25) is 10.0 Å². The van der Waals surface area contributed by atoms with Crippen LogP contribution in [0.4, 0.5) is 5.69 Å². The number of pyridine rings is 2. The van der Waals surface area contributed by atoms with Crippen LogP contribution in [0.3, 0.4) is 0 Å². The summed E-state index contributed by atoms with van der Waals surface area (Å²) in [7, 11) is 0. The van der Waals surface area contributed by atoms with Gasteiger partial charge in [-0.25, -0.2) is 19.7 Å². The summed E-state index contributed by atoms with van der Waals surface area (Å²) in [5.74, 6) is -0.541. The number of fused-ring (bicyclic) bond motifs is 1. The molecular formula is C24H19Cl2N5O4. The van der Waals surface area contributed by atoms with E-state index in [2.05, 4.69) is 19.9 Å². The molecule has 1 atom stereocenters. The zero-order chi connectivity index (χ0) is 24.5. The van der Waals surface area contributed by atoms with Gasteiger partial charge in [-0.15, -0.1) is 0 Å². The third-order valence-corrected chi connectivity index (χ3v) is 6.53. The quantitative estimate of drug-likeness (QED) is 0.409. The van der Waals surface area contributed by atoms with Crippen LogP contribution in [-0.2, 0) is 0 Å². The molecule has 9 nitrogen and oxygen atoms in total. The molecule has 4 aromatic rings. The Morgan fingerprint density at radius 3 is 2.77 bits per heavy atom. The number of carboxylic acid groups (broad SMARTS) is 1. The summed E-state index contributed by atoms with van der Waals surface area (Å²) < 4.78 is 7.46. The predicted molar refractivity (Wildman–Crippen MR) is 132 cm³/mol. The third kappa shape index (κ3) is 4.40. The van der Waals surface area contributed by atoms with E-state index in [0.717, 1.165) is 19.4 Å². The minimum Gasteiger partial charge on any atom is -0.477 e. The first-order valence-corrected chi connectivity index (χ1v) is 11.6. The molecule has 0 amide bonds. The maximum atomic E-state index is 13.0. The first-order valence-electron chi connectivity index (χ1n) is 10.8. The zero-order valence-corrected chi connectivity index (χ0v) is 19.8. The number of hydrogen-bond donors (Lipinski definition) is 1. The molecule has 0 spiro atoms. The van der Waals surface area contributed by atoms with Gasteiger partial charge < -0.3 is 14.7 Å². The van der Waals surface area contributed by atoms with Gasteiger partial charge in [0, 0.05) is 30.5 Å². The van der Waals surface area contributed by atoms with Gasteiger partial charge in [-0.05, 0) is 43.2 Å². The lowest BCUT2D eigenvalue weighted by Gasteiger charge is -2.28. The summed E-state index contributed by atoms with van der Waals surface area (Å²) in [6.45, 7) is 1.09. The molecular weight excluding hydrogens is 493 g/mol. The highest BCUT2D eigenvalue weighted by Gasteiger charge is 2.28. The molecule has 5 rings (SSSR count). The van der Waals surface area contributed by atoms with Crippen LogP contribution in [0.25, 0.3) is 16.7 Å². The van der Waals surface area contributed by atoms with Crippen molar-refractivity contribution in [1.82, 2.24) is 19.5 Å². The summed E-state index contributed by atoms with van der Waals surface area (Å²) in [5, 5.41) is 10.5.